The number of hydrogen-bond donors (Lipinski definition) is 1. The number of fused-ring (bicyclic) bond motifs is 2. The maximum absolute atomic E-state index is 9.29. The van der Waals surface area contributed by atoms with E-state index in [4.69, 9.17) is 0 Å². The molecule has 2 rings (SSSR count). The van der Waals surface area contributed by atoms with E-state index in [2.05, 4.69) is 12.2 Å². The van der Waals surface area contributed by atoms with Crippen LogP contribution in [0.4, 0.5) is 0 Å². The van der Waals surface area contributed by atoms with Crippen LogP contribution in [0.15, 0.2) is 12.2 Å². The summed E-state index contributed by atoms with van der Waals surface area (Å²) < 4.78 is 0. The smallest absolute Gasteiger partial charge is 0.0520 e. The average Bonchev–Trinajstić information content (AvgIpc) is 2.43. The lowest BCUT2D eigenvalue weighted by Crippen LogP contribution is -2.18. The Balaban J connectivity index is 2.06. The molecule has 3 unspecified atom stereocenters. The average molecular weight is 152 g/mol. The second-order valence-electron chi connectivity index (χ2n) is 4.28. The fraction of sp³-hybridized carbons (Fsp3) is 0.800. The lowest BCUT2D eigenvalue weighted by atomic mass is 9.82. The van der Waals surface area contributed by atoms with E-state index in [0.717, 1.165) is 12.3 Å². The van der Waals surface area contributed by atoms with Crippen LogP contribution in [-0.2, 0) is 0 Å². The predicted octanol–water partition coefficient (Wildman–Crippen LogP) is 2.11. The summed E-state index contributed by atoms with van der Waals surface area (Å²) in [6.45, 7) is 1.90. The van der Waals surface area contributed by atoms with E-state index >= 15 is 0 Å². The quantitative estimate of drug-likeness (QED) is 0.601. The summed E-state index contributed by atoms with van der Waals surface area (Å²) in [7, 11) is 0. The first kappa shape index (κ1) is 7.35. The van der Waals surface area contributed by atoms with Crippen molar-refractivity contribution in [1.82, 2.24) is 0 Å². The molecular weight excluding hydrogens is 136 g/mol. The van der Waals surface area contributed by atoms with Gasteiger partial charge in [0.2, 0.25) is 0 Å². The van der Waals surface area contributed by atoms with E-state index in [1.165, 1.54) is 19.3 Å². The third-order valence-corrected chi connectivity index (χ3v) is 3.11. The lowest BCUT2D eigenvalue weighted by molar-refractivity contribution is 0.138. The molecule has 2 bridgehead atoms. The van der Waals surface area contributed by atoms with E-state index in [1.807, 2.05) is 6.92 Å². The zero-order chi connectivity index (χ0) is 7.90. The Hall–Kier alpha value is -0.300. The summed E-state index contributed by atoms with van der Waals surface area (Å²) in [5.74, 6) is 0.841. The van der Waals surface area contributed by atoms with Gasteiger partial charge < -0.3 is 5.11 Å². The first-order valence-electron chi connectivity index (χ1n) is 4.58. The van der Waals surface area contributed by atoms with Crippen LogP contribution in [0.2, 0.25) is 0 Å². The van der Waals surface area contributed by atoms with E-state index < -0.39 is 0 Å². The van der Waals surface area contributed by atoms with Crippen molar-refractivity contribution in [3.05, 3.63) is 12.2 Å². The van der Waals surface area contributed by atoms with Gasteiger partial charge in [0.25, 0.3) is 0 Å². The second kappa shape index (κ2) is 2.34. The van der Waals surface area contributed by atoms with Gasteiger partial charge in [-0.1, -0.05) is 12.2 Å². The molecule has 1 saturated carbocycles. The molecule has 0 radical (unpaired) electrons. The molecule has 0 heterocycles. The first-order valence-corrected chi connectivity index (χ1v) is 4.58. The van der Waals surface area contributed by atoms with Crippen molar-refractivity contribution < 1.29 is 5.11 Å². The fourth-order valence-electron chi connectivity index (χ4n) is 2.70. The molecule has 0 aromatic rings. The Kier molecular flexibility index (Phi) is 1.57. The van der Waals surface area contributed by atoms with Crippen molar-refractivity contribution in [2.75, 3.05) is 0 Å². The van der Waals surface area contributed by atoms with Crippen LogP contribution in [0.5, 0.6) is 0 Å². The van der Waals surface area contributed by atoms with Gasteiger partial charge in [-0.15, -0.1) is 0 Å². The van der Waals surface area contributed by atoms with Gasteiger partial charge in [-0.2, -0.15) is 0 Å². The molecule has 0 aromatic carbocycles. The SMILES string of the molecule is CC(O)CC12C=CC(CC1)C2. The highest BCUT2D eigenvalue weighted by Gasteiger charge is 2.40. The van der Waals surface area contributed by atoms with E-state index in [-0.39, 0.29) is 6.10 Å². The molecule has 0 aliphatic heterocycles. The van der Waals surface area contributed by atoms with Crippen molar-refractivity contribution in [3.63, 3.8) is 0 Å². The third kappa shape index (κ3) is 1.22. The Bertz CT molecular complexity index is 183. The molecule has 2 aliphatic rings. The highest BCUT2D eigenvalue weighted by atomic mass is 16.3. The van der Waals surface area contributed by atoms with Crippen LogP contribution >= 0.6 is 0 Å². The van der Waals surface area contributed by atoms with Gasteiger partial charge in [0.15, 0.2) is 0 Å². The lowest BCUT2D eigenvalue weighted by Gasteiger charge is -2.24. The van der Waals surface area contributed by atoms with Gasteiger partial charge in [0, 0.05) is 0 Å². The van der Waals surface area contributed by atoms with E-state index in [1.54, 1.807) is 0 Å². The molecule has 0 aromatic heterocycles. The summed E-state index contributed by atoms with van der Waals surface area (Å²) in [6.07, 6.45) is 9.48. The van der Waals surface area contributed by atoms with E-state index in [0.29, 0.717) is 5.41 Å². The second-order valence-corrected chi connectivity index (χ2v) is 4.28. The molecule has 62 valence electrons. The van der Waals surface area contributed by atoms with Crippen molar-refractivity contribution in [2.45, 2.75) is 38.7 Å². The number of rotatable bonds is 2. The van der Waals surface area contributed by atoms with Crippen LogP contribution in [0.25, 0.3) is 0 Å². The Morgan fingerprint density at radius 3 is 2.91 bits per heavy atom. The van der Waals surface area contributed by atoms with E-state index in [9.17, 15) is 5.11 Å². The summed E-state index contributed by atoms with van der Waals surface area (Å²) in [5.41, 5.74) is 0.402. The minimum absolute atomic E-state index is 0.128. The number of aliphatic hydroxyl groups is 1. The van der Waals surface area contributed by atoms with Crippen LogP contribution in [-0.4, -0.2) is 11.2 Å². The van der Waals surface area contributed by atoms with Gasteiger partial charge in [-0.05, 0) is 43.9 Å². The fourth-order valence-corrected chi connectivity index (χ4v) is 2.70. The molecular formula is C10H16O. The molecule has 1 N–H and O–H groups in total. The largest absolute Gasteiger partial charge is 0.393 e. The van der Waals surface area contributed by atoms with Crippen molar-refractivity contribution in [3.8, 4) is 0 Å². The molecule has 1 nitrogen and oxygen atoms in total. The minimum Gasteiger partial charge on any atom is -0.393 e. The Morgan fingerprint density at radius 2 is 2.55 bits per heavy atom. The van der Waals surface area contributed by atoms with Gasteiger partial charge >= 0.3 is 0 Å². The Labute approximate surface area is 68.1 Å². The molecule has 1 heteroatoms. The summed E-state index contributed by atoms with van der Waals surface area (Å²) in [6, 6.07) is 0. The van der Waals surface area contributed by atoms with Crippen molar-refractivity contribution in [1.29, 1.82) is 0 Å². The maximum Gasteiger partial charge on any atom is 0.0520 e. The highest BCUT2D eigenvalue weighted by Crippen LogP contribution is 2.51. The van der Waals surface area contributed by atoms with Gasteiger partial charge in [0.05, 0.1) is 6.10 Å². The van der Waals surface area contributed by atoms with Crippen LogP contribution < -0.4 is 0 Å². The molecule has 11 heavy (non-hydrogen) atoms. The third-order valence-electron chi connectivity index (χ3n) is 3.11. The monoisotopic (exact) mass is 152 g/mol. The topological polar surface area (TPSA) is 20.2 Å². The standard InChI is InChI=1S/C10H16O/c1-8(11)6-10-4-2-9(7-10)3-5-10/h2,4,8-9,11H,3,5-7H2,1H3. The first-order chi connectivity index (χ1) is 5.20. The number of hydrogen-bond acceptors (Lipinski definition) is 1. The summed E-state index contributed by atoms with van der Waals surface area (Å²) in [5, 5.41) is 9.29. The molecule has 0 spiro atoms. The number of allylic oxidation sites excluding steroid dienone is 2. The molecule has 0 saturated heterocycles. The number of aliphatic hydroxyl groups excluding tert-OH is 1. The Morgan fingerprint density at radius 1 is 1.73 bits per heavy atom. The summed E-state index contributed by atoms with van der Waals surface area (Å²) >= 11 is 0. The van der Waals surface area contributed by atoms with Crippen LogP contribution in [0.3, 0.4) is 0 Å². The molecule has 2 aliphatic carbocycles. The van der Waals surface area contributed by atoms with Crippen LogP contribution in [0, 0.1) is 11.3 Å². The highest BCUT2D eigenvalue weighted by molar-refractivity contribution is 5.15. The molecule has 0 amide bonds. The summed E-state index contributed by atoms with van der Waals surface area (Å²) in [4.78, 5) is 0. The molecule has 3 atom stereocenters. The zero-order valence-corrected chi connectivity index (χ0v) is 7.09. The minimum atomic E-state index is -0.128. The zero-order valence-electron chi connectivity index (χ0n) is 7.09. The van der Waals surface area contributed by atoms with Gasteiger partial charge in [-0.25, -0.2) is 0 Å². The van der Waals surface area contributed by atoms with Crippen LogP contribution in [0.1, 0.15) is 32.6 Å². The van der Waals surface area contributed by atoms with Crippen molar-refractivity contribution >= 4 is 0 Å². The van der Waals surface area contributed by atoms with Crippen molar-refractivity contribution in [2.24, 2.45) is 11.3 Å². The molecule has 1 fully saturated rings. The maximum atomic E-state index is 9.29. The van der Waals surface area contributed by atoms with Gasteiger partial charge in [0.1, 0.15) is 0 Å². The predicted molar refractivity (Wildman–Crippen MR) is 45.2 cm³/mol. The normalized spacial score (nSPS) is 43.3. The van der Waals surface area contributed by atoms with Gasteiger partial charge in [-0.3, -0.25) is 0 Å².